The van der Waals surface area contributed by atoms with Crippen LogP contribution in [0.2, 0.25) is 0 Å². The second-order valence-corrected chi connectivity index (χ2v) is 5.92. The molecular weight excluding hydrogens is 348 g/mol. The maximum absolute atomic E-state index is 11.9. The highest BCUT2D eigenvalue weighted by Gasteiger charge is 2.39. The quantitative estimate of drug-likeness (QED) is 0.232. The van der Waals surface area contributed by atoms with Crippen LogP contribution in [0.15, 0.2) is 16.1 Å². The van der Waals surface area contributed by atoms with Crippen molar-refractivity contribution in [3.63, 3.8) is 0 Å². The van der Waals surface area contributed by atoms with E-state index in [1.807, 2.05) is 0 Å². The number of hydrogen-bond donors (Lipinski definition) is 3. The Labute approximate surface area is 133 Å². The molecular formula is C11H8N4O8S. The third kappa shape index (κ3) is 2.74. The maximum Gasteiger partial charge on any atom is 0.338 e. The second-order valence-electron chi connectivity index (χ2n) is 4.56. The van der Waals surface area contributed by atoms with Gasteiger partial charge in [-0.3, -0.25) is 14.1 Å². The number of rotatable bonds is 4. The predicted octanol–water partition coefficient (Wildman–Crippen LogP) is 0.932. The van der Waals surface area contributed by atoms with E-state index in [2.05, 4.69) is 10.0 Å². The Morgan fingerprint density at radius 2 is 1.83 bits per heavy atom. The van der Waals surface area contributed by atoms with Crippen LogP contribution >= 0.6 is 0 Å². The number of nitrogens with zero attached hydrogens (tertiary/aromatic N) is 4. The predicted molar refractivity (Wildman–Crippen MR) is 75.4 cm³/mol. The summed E-state index contributed by atoms with van der Waals surface area (Å²) in [6, 6.07) is 0.509. The van der Waals surface area contributed by atoms with E-state index < -0.39 is 55.5 Å². The van der Waals surface area contributed by atoms with Gasteiger partial charge in [0, 0.05) is 17.8 Å². The highest BCUT2D eigenvalue weighted by Crippen LogP contribution is 2.44. The molecule has 0 radical (unpaired) electrons. The number of aromatic hydroxyl groups is 1. The smallest absolute Gasteiger partial charge is 0.338 e. The zero-order chi connectivity index (χ0) is 18.2. The summed E-state index contributed by atoms with van der Waals surface area (Å²) in [5.74, 6) is -4.68. The molecule has 1 aliphatic heterocycles. The molecule has 0 atom stereocenters. The second kappa shape index (κ2) is 5.81. The Hall–Kier alpha value is -3.15. The number of amides is 2. The fourth-order valence-corrected chi connectivity index (χ4v) is 3.06. The first-order valence-electron chi connectivity index (χ1n) is 6.11. The van der Waals surface area contributed by atoms with Crippen molar-refractivity contribution in [2.24, 2.45) is 5.11 Å². The highest BCUT2D eigenvalue weighted by molar-refractivity contribution is 7.86. The molecule has 1 saturated heterocycles. The van der Waals surface area contributed by atoms with Gasteiger partial charge in [-0.15, -0.1) is 0 Å². The lowest BCUT2D eigenvalue weighted by molar-refractivity contribution is -0.121. The van der Waals surface area contributed by atoms with Crippen molar-refractivity contribution in [1.29, 1.82) is 0 Å². The van der Waals surface area contributed by atoms with E-state index in [1.165, 1.54) is 0 Å². The number of carbonyl (C=O) groups is 3. The molecule has 12 nitrogen and oxygen atoms in total. The van der Waals surface area contributed by atoms with Crippen LogP contribution < -0.4 is 4.90 Å². The summed E-state index contributed by atoms with van der Waals surface area (Å²) < 4.78 is 32.7. The van der Waals surface area contributed by atoms with E-state index >= 15 is 0 Å². The van der Waals surface area contributed by atoms with Crippen LogP contribution in [0.5, 0.6) is 5.75 Å². The Bertz CT molecular complexity index is 916. The van der Waals surface area contributed by atoms with Crippen LogP contribution in [-0.2, 0) is 19.7 Å². The number of imide groups is 1. The molecule has 2 amide bonds. The van der Waals surface area contributed by atoms with E-state index in [4.69, 9.17) is 5.53 Å². The molecule has 0 saturated carbocycles. The molecule has 2 rings (SSSR count). The SMILES string of the molecule is [N-]=[N+]=Nc1c(O)cc(C(=O)O)c(N2C(=O)CCC2=O)c1S(=O)(=O)O. The average molecular weight is 356 g/mol. The third-order valence-electron chi connectivity index (χ3n) is 3.12. The van der Waals surface area contributed by atoms with Gasteiger partial charge in [-0.25, -0.2) is 9.69 Å². The summed E-state index contributed by atoms with van der Waals surface area (Å²) in [6.07, 6.45) is -0.610. The van der Waals surface area contributed by atoms with Crippen molar-refractivity contribution in [2.75, 3.05) is 4.90 Å². The van der Waals surface area contributed by atoms with Crippen LogP contribution in [0.25, 0.3) is 10.4 Å². The van der Waals surface area contributed by atoms with Gasteiger partial charge in [-0.1, -0.05) is 5.11 Å². The number of azide groups is 1. The van der Waals surface area contributed by atoms with Crippen molar-refractivity contribution < 1.29 is 37.6 Å². The number of hydrogen-bond acceptors (Lipinski definition) is 7. The molecule has 1 heterocycles. The highest BCUT2D eigenvalue weighted by atomic mass is 32.2. The standard InChI is InChI=1S/C11H8N4O8S/c12-14-13-8-5(16)3-4(11(19)20)9(10(8)24(21,22)23)15-6(17)1-2-7(15)18/h3,16H,1-2H2,(H,19,20)(H,21,22,23). The van der Waals surface area contributed by atoms with Gasteiger partial charge < -0.3 is 10.2 Å². The largest absolute Gasteiger partial charge is 0.507 e. The number of carboxylic acids is 1. The van der Waals surface area contributed by atoms with Crippen molar-refractivity contribution in [1.82, 2.24) is 0 Å². The summed E-state index contributed by atoms with van der Waals surface area (Å²) in [5.41, 5.74) is 5.51. The molecule has 24 heavy (non-hydrogen) atoms. The van der Waals surface area contributed by atoms with Gasteiger partial charge in [0.2, 0.25) is 11.8 Å². The minimum atomic E-state index is -5.28. The first-order chi connectivity index (χ1) is 11.1. The molecule has 1 aromatic rings. The van der Waals surface area contributed by atoms with Crippen molar-refractivity contribution in [3.05, 3.63) is 22.1 Å². The van der Waals surface area contributed by atoms with Gasteiger partial charge in [-0.05, 0) is 11.6 Å². The third-order valence-corrected chi connectivity index (χ3v) is 4.02. The fraction of sp³-hybridized carbons (Fsp3) is 0.182. The van der Waals surface area contributed by atoms with Gasteiger partial charge in [0.15, 0.2) is 0 Å². The molecule has 0 unspecified atom stereocenters. The van der Waals surface area contributed by atoms with E-state index in [1.54, 1.807) is 0 Å². The zero-order valence-corrected chi connectivity index (χ0v) is 12.4. The van der Waals surface area contributed by atoms with Crippen molar-refractivity contribution in [2.45, 2.75) is 17.7 Å². The maximum atomic E-state index is 11.9. The molecule has 126 valence electrons. The molecule has 0 bridgehead atoms. The zero-order valence-electron chi connectivity index (χ0n) is 11.6. The lowest BCUT2D eigenvalue weighted by Crippen LogP contribution is -2.32. The van der Waals surface area contributed by atoms with Crippen LogP contribution in [-0.4, -0.2) is 41.0 Å². The number of carbonyl (C=O) groups excluding carboxylic acids is 2. The molecule has 0 aromatic heterocycles. The Morgan fingerprint density at radius 3 is 2.25 bits per heavy atom. The normalized spacial score (nSPS) is 14.6. The van der Waals surface area contributed by atoms with Gasteiger partial charge in [0.25, 0.3) is 10.1 Å². The molecule has 0 spiro atoms. The summed E-state index contributed by atoms with van der Waals surface area (Å²) >= 11 is 0. The Balaban J connectivity index is 3.06. The summed E-state index contributed by atoms with van der Waals surface area (Å²) in [7, 11) is -5.28. The first-order valence-corrected chi connectivity index (χ1v) is 7.55. The lowest BCUT2D eigenvalue weighted by Gasteiger charge is -2.21. The molecule has 1 aliphatic rings. The fourth-order valence-electron chi connectivity index (χ4n) is 2.22. The van der Waals surface area contributed by atoms with E-state index in [0.717, 1.165) is 0 Å². The Morgan fingerprint density at radius 1 is 1.29 bits per heavy atom. The first kappa shape index (κ1) is 17.2. The average Bonchev–Trinajstić information content (AvgIpc) is 2.78. The summed E-state index contributed by atoms with van der Waals surface area (Å²) in [5, 5.41) is 21.8. The number of aromatic carboxylic acids is 1. The van der Waals surface area contributed by atoms with Crippen LogP contribution in [0.3, 0.4) is 0 Å². The number of carboxylic acid groups (broad SMARTS) is 1. The molecule has 3 N–H and O–H groups in total. The van der Waals surface area contributed by atoms with Gasteiger partial charge in [-0.2, -0.15) is 8.42 Å². The Kier molecular flexibility index (Phi) is 4.16. The van der Waals surface area contributed by atoms with Gasteiger partial charge in [0.05, 0.1) is 11.3 Å². The molecule has 1 aromatic carbocycles. The number of anilines is 1. The van der Waals surface area contributed by atoms with E-state index in [9.17, 15) is 37.6 Å². The molecule has 1 fully saturated rings. The summed E-state index contributed by atoms with van der Waals surface area (Å²) in [6.45, 7) is 0. The van der Waals surface area contributed by atoms with Crippen LogP contribution in [0.1, 0.15) is 23.2 Å². The van der Waals surface area contributed by atoms with Gasteiger partial charge in [0.1, 0.15) is 16.3 Å². The van der Waals surface area contributed by atoms with E-state index in [-0.39, 0.29) is 17.7 Å². The number of phenols is 1. The van der Waals surface area contributed by atoms with Crippen LogP contribution in [0, 0.1) is 0 Å². The minimum Gasteiger partial charge on any atom is -0.507 e. The van der Waals surface area contributed by atoms with Crippen LogP contribution in [0.4, 0.5) is 11.4 Å². The topological polar surface area (TPSA) is 198 Å². The summed E-state index contributed by atoms with van der Waals surface area (Å²) in [4.78, 5) is 36.3. The molecule has 0 aliphatic carbocycles. The van der Waals surface area contributed by atoms with E-state index in [0.29, 0.717) is 6.07 Å². The lowest BCUT2D eigenvalue weighted by atomic mass is 10.1. The van der Waals surface area contributed by atoms with Crippen molar-refractivity contribution in [3.8, 4) is 5.75 Å². The minimum absolute atomic E-state index is 0.266. The number of phenolic OH excluding ortho intramolecular Hbond substituents is 1. The number of benzene rings is 1. The molecule has 13 heteroatoms. The monoisotopic (exact) mass is 356 g/mol. The van der Waals surface area contributed by atoms with Gasteiger partial charge >= 0.3 is 5.97 Å². The van der Waals surface area contributed by atoms with Crippen molar-refractivity contribution >= 4 is 39.3 Å².